The van der Waals surface area contributed by atoms with Crippen LogP contribution in [0.3, 0.4) is 0 Å². The number of allylic oxidation sites excluding steroid dienone is 1. The third kappa shape index (κ3) is 3.54. The van der Waals surface area contributed by atoms with Gasteiger partial charge in [-0.3, -0.25) is 0 Å². The summed E-state index contributed by atoms with van der Waals surface area (Å²) in [6.45, 7) is 4.44. The molecule has 1 aliphatic carbocycles. The highest BCUT2D eigenvalue weighted by Gasteiger charge is 2.33. The van der Waals surface area contributed by atoms with Crippen molar-refractivity contribution in [3.63, 3.8) is 0 Å². The summed E-state index contributed by atoms with van der Waals surface area (Å²) in [4.78, 5) is 0. The van der Waals surface area contributed by atoms with Gasteiger partial charge in [-0.05, 0) is 26.3 Å². The van der Waals surface area contributed by atoms with Crippen LogP contribution in [0.25, 0.3) is 0 Å². The van der Waals surface area contributed by atoms with Gasteiger partial charge in [-0.25, -0.2) is 4.39 Å². The fourth-order valence-corrected chi connectivity index (χ4v) is 2.01. The molecule has 2 unspecified atom stereocenters. The van der Waals surface area contributed by atoms with Crippen molar-refractivity contribution in [2.45, 2.75) is 44.6 Å². The molecule has 0 aromatic heterocycles. The first-order valence-corrected chi connectivity index (χ1v) is 6.21. The maximum Gasteiger partial charge on any atom is 0.163 e. The SMILES string of the molecule is CC1(C)OCC(COC2=C(F)CC(N)CC=C2)O1. The quantitative estimate of drug-likeness (QED) is 0.840. The van der Waals surface area contributed by atoms with E-state index in [0.29, 0.717) is 13.0 Å². The lowest BCUT2D eigenvalue weighted by atomic mass is 10.1. The standard InChI is InChI=1S/C13H20FNO3/c1-13(2)17-8-10(18-13)7-16-12-5-3-4-9(15)6-11(12)14/h3,5,9-10H,4,6-8,15H2,1-2H3. The molecule has 5 heteroatoms. The maximum absolute atomic E-state index is 13.7. The fourth-order valence-electron chi connectivity index (χ4n) is 2.01. The Bertz CT molecular complexity index is 365. The summed E-state index contributed by atoms with van der Waals surface area (Å²) >= 11 is 0. The first-order chi connectivity index (χ1) is 8.46. The van der Waals surface area contributed by atoms with E-state index < -0.39 is 5.79 Å². The average Bonchev–Trinajstić information content (AvgIpc) is 2.53. The van der Waals surface area contributed by atoms with E-state index in [0.717, 1.165) is 0 Å². The van der Waals surface area contributed by atoms with E-state index in [1.807, 2.05) is 19.9 Å². The van der Waals surface area contributed by atoms with Crippen molar-refractivity contribution in [3.8, 4) is 0 Å². The molecular weight excluding hydrogens is 237 g/mol. The Kier molecular flexibility index (Phi) is 4.04. The number of halogens is 1. The molecular formula is C13H20FNO3. The van der Waals surface area contributed by atoms with Gasteiger partial charge in [-0.15, -0.1) is 0 Å². The molecule has 4 nitrogen and oxygen atoms in total. The molecule has 0 spiro atoms. The number of ether oxygens (including phenoxy) is 3. The second-order valence-electron chi connectivity index (χ2n) is 5.13. The molecule has 1 saturated heterocycles. The molecule has 0 amide bonds. The topological polar surface area (TPSA) is 53.7 Å². The van der Waals surface area contributed by atoms with Crippen LogP contribution in [-0.4, -0.2) is 31.1 Å². The van der Waals surface area contributed by atoms with Gasteiger partial charge < -0.3 is 19.9 Å². The van der Waals surface area contributed by atoms with E-state index in [4.69, 9.17) is 19.9 Å². The molecule has 0 saturated carbocycles. The summed E-state index contributed by atoms with van der Waals surface area (Å²) < 4.78 is 30.2. The van der Waals surface area contributed by atoms with Crippen LogP contribution < -0.4 is 5.73 Å². The van der Waals surface area contributed by atoms with Gasteiger partial charge in [0, 0.05) is 12.5 Å². The highest BCUT2D eigenvalue weighted by molar-refractivity contribution is 5.19. The van der Waals surface area contributed by atoms with Gasteiger partial charge in [0.15, 0.2) is 11.5 Å². The van der Waals surface area contributed by atoms with Crippen LogP contribution in [-0.2, 0) is 14.2 Å². The minimum Gasteiger partial charge on any atom is -0.488 e. The van der Waals surface area contributed by atoms with Gasteiger partial charge in [-0.2, -0.15) is 0 Å². The summed E-state index contributed by atoms with van der Waals surface area (Å²) in [6.07, 6.45) is 4.20. The zero-order chi connectivity index (χ0) is 13.2. The zero-order valence-electron chi connectivity index (χ0n) is 10.8. The van der Waals surface area contributed by atoms with E-state index in [-0.39, 0.29) is 36.8 Å². The van der Waals surface area contributed by atoms with Crippen LogP contribution in [0.2, 0.25) is 0 Å². The first-order valence-electron chi connectivity index (χ1n) is 6.21. The van der Waals surface area contributed by atoms with Crippen LogP contribution in [0.5, 0.6) is 0 Å². The maximum atomic E-state index is 13.7. The summed E-state index contributed by atoms with van der Waals surface area (Å²) in [5, 5.41) is 0. The number of rotatable bonds is 3. The molecule has 18 heavy (non-hydrogen) atoms. The summed E-state index contributed by atoms with van der Waals surface area (Å²) in [6, 6.07) is -0.174. The minimum atomic E-state index is -0.581. The Balaban J connectivity index is 1.88. The Morgan fingerprint density at radius 2 is 2.33 bits per heavy atom. The number of hydrogen-bond donors (Lipinski definition) is 1. The Morgan fingerprint density at radius 3 is 3.00 bits per heavy atom. The molecule has 2 N–H and O–H groups in total. The lowest BCUT2D eigenvalue weighted by Crippen LogP contribution is -2.24. The average molecular weight is 257 g/mol. The van der Waals surface area contributed by atoms with Crippen LogP contribution in [0.15, 0.2) is 23.7 Å². The lowest BCUT2D eigenvalue weighted by molar-refractivity contribution is -0.143. The summed E-state index contributed by atoms with van der Waals surface area (Å²) in [5.41, 5.74) is 5.72. The highest BCUT2D eigenvalue weighted by atomic mass is 19.1. The monoisotopic (exact) mass is 257 g/mol. The summed E-state index contributed by atoms with van der Waals surface area (Å²) in [5.74, 6) is -0.617. The predicted octanol–water partition coefficient (Wildman–Crippen LogP) is 2.01. The van der Waals surface area contributed by atoms with Crippen LogP contribution in [0.4, 0.5) is 4.39 Å². The van der Waals surface area contributed by atoms with E-state index >= 15 is 0 Å². The molecule has 102 valence electrons. The molecule has 0 radical (unpaired) electrons. The Labute approximate surface area is 107 Å². The molecule has 2 atom stereocenters. The van der Waals surface area contributed by atoms with Gasteiger partial charge in [0.2, 0.25) is 0 Å². The molecule has 2 rings (SSSR count). The minimum absolute atomic E-state index is 0.161. The van der Waals surface area contributed by atoms with Crippen LogP contribution >= 0.6 is 0 Å². The number of hydrogen-bond acceptors (Lipinski definition) is 4. The van der Waals surface area contributed by atoms with E-state index in [1.165, 1.54) is 0 Å². The third-order valence-electron chi connectivity index (χ3n) is 2.91. The van der Waals surface area contributed by atoms with Crippen molar-refractivity contribution in [1.82, 2.24) is 0 Å². The number of nitrogens with two attached hydrogens (primary N) is 1. The predicted molar refractivity (Wildman–Crippen MR) is 65.3 cm³/mol. The zero-order valence-corrected chi connectivity index (χ0v) is 10.8. The van der Waals surface area contributed by atoms with Crippen molar-refractivity contribution in [3.05, 3.63) is 23.7 Å². The molecule has 1 aliphatic heterocycles. The van der Waals surface area contributed by atoms with Gasteiger partial charge in [0.25, 0.3) is 0 Å². The van der Waals surface area contributed by atoms with Gasteiger partial charge in [0.1, 0.15) is 18.5 Å². The van der Waals surface area contributed by atoms with Crippen molar-refractivity contribution in [2.75, 3.05) is 13.2 Å². The lowest BCUT2D eigenvalue weighted by Gasteiger charge is -2.17. The molecule has 0 aromatic rings. The van der Waals surface area contributed by atoms with Crippen LogP contribution in [0.1, 0.15) is 26.7 Å². The first kappa shape index (κ1) is 13.5. The Morgan fingerprint density at radius 1 is 1.56 bits per heavy atom. The van der Waals surface area contributed by atoms with Crippen molar-refractivity contribution < 1.29 is 18.6 Å². The second kappa shape index (κ2) is 5.38. The molecule has 0 bridgehead atoms. The highest BCUT2D eigenvalue weighted by Crippen LogP contribution is 2.25. The normalized spacial score (nSPS) is 31.6. The van der Waals surface area contributed by atoms with Crippen LogP contribution in [0, 0.1) is 0 Å². The van der Waals surface area contributed by atoms with E-state index in [1.54, 1.807) is 6.08 Å². The van der Waals surface area contributed by atoms with Crippen molar-refractivity contribution in [2.24, 2.45) is 5.73 Å². The van der Waals surface area contributed by atoms with Gasteiger partial charge in [0.05, 0.1) is 6.61 Å². The smallest absolute Gasteiger partial charge is 0.163 e. The molecule has 0 aromatic carbocycles. The summed E-state index contributed by atoms with van der Waals surface area (Å²) in [7, 11) is 0. The molecule has 1 heterocycles. The van der Waals surface area contributed by atoms with Crippen molar-refractivity contribution in [1.29, 1.82) is 0 Å². The van der Waals surface area contributed by atoms with Gasteiger partial charge >= 0.3 is 0 Å². The van der Waals surface area contributed by atoms with Crippen molar-refractivity contribution >= 4 is 0 Å². The molecule has 1 fully saturated rings. The van der Waals surface area contributed by atoms with Gasteiger partial charge in [-0.1, -0.05) is 6.08 Å². The second-order valence-corrected chi connectivity index (χ2v) is 5.13. The van der Waals surface area contributed by atoms with E-state index in [2.05, 4.69) is 0 Å². The third-order valence-corrected chi connectivity index (χ3v) is 2.91. The fraction of sp³-hybridized carbons (Fsp3) is 0.692. The molecule has 2 aliphatic rings. The largest absolute Gasteiger partial charge is 0.488 e. The van der Waals surface area contributed by atoms with E-state index in [9.17, 15) is 4.39 Å². The Hall–Kier alpha value is -0.910.